The lowest BCUT2D eigenvalue weighted by Crippen LogP contribution is -2.42. The number of halogens is 1. The molecular formula is C26H24ClNO4. The first kappa shape index (κ1) is 21.9. The van der Waals surface area contributed by atoms with Gasteiger partial charge in [-0.25, -0.2) is 4.79 Å². The summed E-state index contributed by atoms with van der Waals surface area (Å²) >= 11 is 6.54. The van der Waals surface area contributed by atoms with Gasteiger partial charge < -0.3 is 19.8 Å². The number of anilines is 2. The predicted molar refractivity (Wildman–Crippen MR) is 128 cm³/mol. The molecule has 0 bridgehead atoms. The third kappa shape index (κ3) is 3.34. The van der Waals surface area contributed by atoms with Crippen LogP contribution in [0.5, 0.6) is 5.75 Å². The van der Waals surface area contributed by atoms with E-state index in [1.807, 2.05) is 62.1 Å². The van der Waals surface area contributed by atoms with Crippen LogP contribution in [0.4, 0.5) is 11.4 Å². The lowest BCUT2D eigenvalue weighted by molar-refractivity contribution is 0.0681. The van der Waals surface area contributed by atoms with E-state index >= 15 is 0 Å². The number of fused-ring (bicyclic) bond motifs is 1. The number of aryl methyl sites for hydroxylation is 2. The fourth-order valence-corrected chi connectivity index (χ4v) is 4.65. The maximum Gasteiger partial charge on any atom is 0.339 e. The highest BCUT2D eigenvalue weighted by Gasteiger charge is 2.46. The number of hydrogen-bond acceptors (Lipinski definition) is 4. The van der Waals surface area contributed by atoms with Gasteiger partial charge in [-0.1, -0.05) is 35.9 Å². The van der Waals surface area contributed by atoms with Crippen LogP contribution in [0, 0.1) is 13.8 Å². The molecule has 1 unspecified atom stereocenters. The van der Waals surface area contributed by atoms with E-state index in [4.69, 9.17) is 16.3 Å². The topological polar surface area (TPSA) is 70.0 Å². The zero-order chi connectivity index (χ0) is 23.2. The Balaban J connectivity index is 2.00. The lowest BCUT2D eigenvalue weighted by Gasteiger charge is -2.37. The number of ether oxygens (including phenoxy) is 1. The highest BCUT2D eigenvalue weighted by molar-refractivity contribution is 6.32. The molecule has 2 N–H and O–H groups in total. The molecule has 32 heavy (non-hydrogen) atoms. The zero-order valence-electron chi connectivity index (χ0n) is 18.3. The third-order valence-corrected chi connectivity index (χ3v) is 6.44. The maximum atomic E-state index is 11.4. The van der Waals surface area contributed by atoms with Gasteiger partial charge in [0, 0.05) is 35.0 Å². The van der Waals surface area contributed by atoms with Crippen LogP contribution >= 0.6 is 11.6 Å². The molecule has 1 heterocycles. The molecular weight excluding hydrogens is 426 g/mol. The minimum atomic E-state index is -1.18. The van der Waals surface area contributed by atoms with E-state index in [2.05, 4.69) is 6.08 Å². The van der Waals surface area contributed by atoms with E-state index in [0.717, 1.165) is 33.5 Å². The van der Waals surface area contributed by atoms with Crippen LogP contribution < -0.4 is 4.90 Å². The number of phenols is 1. The molecule has 3 aromatic carbocycles. The molecule has 1 aliphatic heterocycles. The van der Waals surface area contributed by atoms with Gasteiger partial charge in [-0.15, -0.1) is 0 Å². The number of aromatic carboxylic acids is 1. The monoisotopic (exact) mass is 449 g/mol. The highest BCUT2D eigenvalue weighted by atomic mass is 35.5. The van der Waals surface area contributed by atoms with E-state index < -0.39 is 11.7 Å². The minimum Gasteiger partial charge on any atom is -0.507 e. The van der Waals surface area contributed by atoms with Crippen molar-refractivity contribution in [3.63, 3.8) is 0 Å². The number of carboxylic acids is 1. The predicted octanol–water partition coefficient (Wildman–Crippen LogP) is 6.42. The normalized spacial score (nSPS) is 18.8. The number of aromatic hydroxyl groups is 1. The number of benzene rings is 3. The van der Waals surface area contributed by atoms with Crippen LogP contribution in [-0.2, 0) is 4.74 Å². The van der Waals surface area contributed by atoms with Crippen LogP contribution in [0.25, 0.3) is 11.6 Å². The molecule has 0 spiro atoms. The van der Waals surface area contributed by atoms with Crippen molar-refractivity contribution in [3.8, 4) is 5.75 Å². The first-order valence-corrected chi connectivity index (χ1v) is 10.6. The molecule has 0 aromatic heterocycles. The molecule has 6 heteroatoms. The van der Waals surface area contributed by atoms with Crippen molar-refractivity contribution in [1.82, 2.24) is 0 Å². The average molecular weight is 450 g/mol. The zero-order valence-corrected chi connectivity index (χ0v) is 19.1. The molecule has 1 atom stereocenters. The average Bonchev–Trinajstić information content (AvgIpc) is 3.00. The second-order valence-corrected chi connectivity index (χ2v) is 8.43. The molecule has 0 fully saturated rings. The largest absolute Gasteiger partial charge is 0.507 e. The van der Waals surface area contributed by atoms with Crippen LogP contribution in [0.1, 0.15) is 39.5 Å². The molecule has 5 nitrogen and oxygen atoms in total. The summed E-state index contributed by atoms with van der Waals surface area (Å²) in [6.07, 6.45) is 2.05. The van der Waals surface area contributed by atoms with Gasteiger partial charge in [-0.05, 0) is 67.8 Å². The molecule has 0 aliphatic carbocycles. The summed E-state index contributed by atoms with van der Waals surface area (Å²) in [6, 6.07) is 16.3. The Morgan fingerprint density at radius 3 is 2.41 bits per heavy atom. The lowest BCUT2D eigenvalue weighted by atomic mass is 9.93. The van der Waals surface area contributed by atoms with E-state index in [-0.39, 0.29) is 11.3 Å². The molecule has 0 saturated heterocycles. The van der Waals surface area contributed by atoms with Crippen molar-refractivity contribution in [3.05, 3.63) is 87.4 Å². The Morgan fingerprint density at radius 1 is 1.09 bits per heavy atom. The number of nitrogens with zero attached hydrogens (tertiary/aromatic N) is 1. The van der Waals surface area contributed by atoms with Gasteiger partial charge in [0.1, 0.15) is 11.3 Å². The number of rotatable bonds is 4. The number of hydrogen-bond donors (Lipinski definition) is 2. The van der Waals surface area contributed by atoms with E-state index in [1.165, 1.54) is 12.1 Å². The molecule has 0 radical (unpaired) electrons. The van der Waals surface area contributed by atoms with Crippen LogP contribution in [0.3, 0.4) is 0 Å². The quantitative estimate of drug-likeness (QED) is 0.481. The summed E-state index contributed by atoms with van der Waals surface area (Å²) in [6.45, 7) is 6.00. The van der Waals surface area contributed by atoms with Gasteiger partial charge in [-0.2, -0.15) is 0 Å². The first-order valence-electron chi connectivity index (χ1n) is 10.2. The van der Waals surface area contributed by atoms with Gasteiger partial charge in [0.05, 0.1) is 5.69 Å². The Kier molecular flexibility index (Phi) is 5.49. The summed E-state index contributed by atoms with van der Waals surface area (Å²) < 4.78 is 6.10. The summed E-state index contributed by atoms with van der Waals surface area (Å²) in [4.78, 5) is 13.4. The van der Waals surface area contributed by atoms with Crippen molar-refractivity contribution >= 4 is 40.6 Å². The van der Waals surface area contributed by atoms with Crippen molar-refractivity contribution in [2.75, 3.05) is 12.0 Å². The summed E-state index contributed by atoms with van der Waals surface area (Å²) in [5, 5.41) is 20.3. The van der Waals surface area contributed by atoms with Gasteiger partial charge in [0.25, 0.3) is 0 Å². The maximum absolute atomic E-state index is 11.4. The Bertz CT molecular complexity index is 1250. The number of methoxy groups -OCH3 is 1. The summed E-state index contributed by atoms with van der Waals surface area (Å²) in [5.74, 6) is -1.49. The second kappa shape index (κ2) is 8.01. The molecule has 3 aromatic rings. The third-order valence-electron chi connectivity index (χ3n) is 6.11. The van der Waals surface area contributed by atoms with Crippen LogP contribution in [0.15, 0.2) is 54.6 Å². The van der Waals surface area contributed by atoms with Gasteiger partial charge >= 0.3 is 5.97 Å². The van der Waals surface area contributed by atoms with Gasteiger partial charge in [-0.3, -0.25) is 0 Å². The first-order chi connectivity index (χ1) is 15.2. The standard InChI is InChI=1S/C26H24ClNO4/c1-15-7-5-9-21(27)19(15)14-20-24-16(2)8-6-10-22(24)28(26(20,3)32-4)17-11-12-18(25(30)31)23(29)13-17/h5-14,29H,1-4H3,(H,30,31)/b20-14-. The molecule has 164 valence electrons. The molecule has 1 aliphatic rings. The summed E-state index contributed by atoms with van der Waals surface area (Å²) in [7, 11) is 1.63. The second-order valence-electron chi connectivity index (χ2n) is 8.03. The Morgan fingerprint density at radius 2 is 1.78 bits per heavy atom. The van der Waals surface area contributed by atoms with Crippen molar-refractivity contribution in [1.29, 1.82) is 0 Å². The Labute approximate surface area is 192 Å². The van der Waals surface area contributed by atoms with Gasteiger partial charge in [0.15, 0.2) is 5.72 Å². The molecule has 0 amide bonds. The van der Waals surface area contributed by atoms with E-state index in [0.29, 0.717) is 10.7 Å². The summed E-state index contributed by atoms with van der Waals surface area (Å²) in [5.41, 5.74) is 5.37. The smallest absolute Gasteiger partial charge is 0.339 e. The SMILES string of the molecule is COC1(C)/C(=C\c2c(C)cccc2Cl)c2c(C)cccc2N1c1ccc(C(=O)O)c(O)c1. The fourth-order valence-electron chi connectivity index (χ4n) is 4.38. The highest BCUT2D eigenvalue weighted by Crippen LogP contribution is 2.53. The van der Waals surface area contributed by atoms with Gasteiger partial charge in [0.2, 0.25) is 0 Å². The fraction of sp³-hybridized carbons (Fsp3) is 0.192. The van der Waals surface area contributed by atoms with E-state index in [9.17, 15) is 15.0 Å². The number of carbonyl (C=O) groups is 1. The van der Waals surface area contributed by atoms with Crippen molar-refractivity contribution in [2.24, 2.45) is 0 Å². The van der Waals surface area contributed by atoms with Crippen molar-refractivity contribution in [2.45, 2.75) is 26.5 Å². The van der Waals surface area contributed by atoms with Crippen LogP contribution in [0.2, 0.25) is 5.02 Å². The molecule has 4 rings (SSSR count). The van der Waals surface area contributed by atoms with Crippen molar-refractivity contribution < 1.29 is 19.7 Å². The van der Waals surface area contributed by atoms with Crippen LogP contribution in [-0.4, -0.2) is 29.0 Å². The minimum absolute atomic E-state index is 0.154. The molecule has 0 saturated carbocycles. The number of carboxylic acid groups (broad SMARTS) is 1. The van der Waals surface area contributed by atoms with E-state index in [1.54, 1.807) is 13.2 Å². The Hall–Kier alpha value is -3.28.